The van der Waals surface area contributed by atoms with Crippen molar-refractivity contribution in [1.82, 2.24) is 16.0 Å². The first-order valence-corrected chi connectivity index (χ1v) is 10.0. The molecule has 2 aromatic rings. The lowest BCUT2D eigenvalue weighted by Gasteiger charge is -2.23. The van der Waals surface area contributed by atoms with Gasteiger partial charge in [-0.15, -0.1) is 0 Å². The summed E-state index contributed by atoms with van der Waals surface area (Å²) in [5, 5.41) is 17.8. The number of amides is 3. The van der Waals surface area contributed by atoms with Gasteiger partial charge in [-0.1, -0.05) is 36.4 Å². The van der Waals surface area contributed by atoms with E-state index in [9.17, 15) is 28.3 Å². The van der Waals surface area contributed by atoms with Crippen LogP contribution in [0.1, 0.15) is 30.6 Å². The molecule has 0 bridgehead atoms. The fourth-order valence-corrected chi connectivity index (χ4v) is 3.35. The molecule has 0 radical (unpaired) electrons. The molecule has 0 saturated carbocycles. The Morgan fingerprint density at radius 1 is 1.09 bits per heavy atom. The van der Waals surface area contributed by atoms with E-state index in [1.54, 1.807) is 0 Å². The highest BCUT2D eigenvalue weighted by Crippen LogP contribution is 2.21. The average molecular weight is 443 g/mol. The maximum Gasteiger partial charge on any atom is 0.254 e. The summed E-state index contributed by atoms with van der Waals surface area (Å²) < 4.78 is 26.7. The van der Waals surface area contributed by atoms with Crippen molar-refractivity contribution in [2.24, 2.45) is 0 Å². The molecule has 168 valence electrons. The fraction of sp³-hybridized carbons (Fsp3) is 0.261. The highest BCUT2D eigenvalue weighted by atomic mass is 19.1. The van der Waals surface area contributed by atoms with Gasteiger partial charge in [0, 0.05) is 12.6 Å². The van der Waals surface area contributed by atoms with Crippen LogP contribution in [-0.4, -0.2) is 41.5 Å². The minimum absolute atomic E-state index is 0.287. The van der Waals surface area contributed by atoms with Gasteiger partial charge in [-0.05, 0) is 42.2 Å². The summed E-state index contributed by atoms with van der Waals surface area (Å²) in [6.07, 6.45) is 0.575. The number of aliphatic hydroxyl groups excluding tert-OH is 1. The third kappa shape index (κ3) is 5.55. The van der Waals surface area contributed by atoms with Gasteiger partial charge in [0.1, 0.15) is 23.7 Å². The van der Waals surface area contributed by atoms with Crippen LogP contribution >= 0.6 is 0 Å². The van der Waals surface area contributed by atoms with Crippen molar-refractivity contribution in [1.29, 1.82) is 0 Å². The normalized spacial score (nSPS) is 17.9. The number of carbonyl (C=O) groups excluding carboxylic acids is 3. The smallest absolute Gasteiger partial charge is 0.254 e. The molecule has 1 heterocycles. The van der Waals surface area contributed by atoms with Crippen LogP contribution in [0.25, 0.3) is 5.57 Å². The average Bonchev–Trinajstić information content (AvgIpc) is 2.94. The van der Waals surface area contributed by atoms with Crippen LogP contribution in [0.3, 0.4) is 0 Å². The lowest BCUT2D eigenvalue weighted by molar-refractivity contribution is -0.134. The van der Waals surface area contributed by atoms with Crippen LogP contribution in [0.2, 0.25) is 0 Å². The van der Waals surface area contributed by atoms with Crippen molar-refractivity contribution in [3.8, 4) is 0 Å². The Morgan fingerprint density at radius 3 is 2.41 bits per heavy atom. The molecular weight excluding hydrogens is 420 g/mol. The van der Waals surface area contributed by atoms with E-state index in [0.29, 0.717) is 24.6 Å². The topological polar surface area (TPSA) is 108 Å². The first-order valence-electron chi connectivity index (χ1n) is 10.0. The molecule has 0 unspecified atom stereocenters. The standard InChI is InChI=1S/C23H23F2N3O4/c1-13(27-23(32)20(29)15-10-16(24)12-17(25)11-15)21(30)28-19-18(8-5-9-26-22(19)31)14-6-3-2-4-7-14/h2-4,6-8,10-13,19-20,29H,5,9H2,1H3,(H,26,31)(H,27,32)(H,28,30)/t13-,19-,20+/m0/s1. The molecular formula is C23H23F2N3O4. The summed E-state index contributed by atoms with van der Waals surface area (Å²) in [6, 6.07) is 9.26. The molecule has 1 aliphatic heterocycles. The molecule has 4 N–H and O–H groups in total. The Labute approximate surface area is 183 Å². The van der Waals surface area contributed by atoms with E-state index in [2.05, 4.69) is 16.0 Å². The summed E-state index contributed by atoms with van der Waals surface area (Å²) in [5.74, 6) is -3.96. The number of nitrogens with one attached hydrogen (secondary N) is 3. The Kier molecular flexibility index (Phi) is 7.32. The summed E-state index contributed by atoms with van der Waals surface area (Å²) in [4.78, 5) is 37.6. The highest BCUT2D eigenvalue weighted by molar-refractivity contribution is 6.01. The first kappa shape index (κ1) is 23.1. The van der Waals surface area contributed by atoms with E-state index < -0.39 is 41.6 Å². The van der Waals surface area contributed by atoms with Crippen LogP contribution in [0.5, 0.6) is 0 Å². The Balaban J connectivity index is 1.70. The van der Waals surface area contributed by atoms with Crippen LogP contribution < -0.4 is 16.0 Å². The Bertz CT molecular complexity index is 1020. The SMILES string of the molecule is C[C@H](NC(=O)[C@H](O)c1cc(F)cc(F)c1)C(=O)N[C@@H]1C(=O)NCCC=C1c1ccccc1. The van der Waals surface area contributed by atoms with E-state index in [1.165, 1.54) is 6.92 Å². The molecule has 0 aliphatic carbocycles. The van der Waals surface area contributed by atoms with Gasteiger partial charge in [-0.2, -0.15) is 0 Å². The zero-order chi connectivity index (χ0) is 23.3. The molecule has 0 saturated heterocycles. The van der Waals surface area contributed by atoms with E-state index in [0.717, 1.165) is 17.7 Å². The van der Waals surface area contributed by atoms with E-state index in [1.807, 2.05) is 36.4 Å². The van der Waals surface area contributed by atoms with Gasteiger partial charge in [0.05, 0.1) is 0 Å². The number of benzene rings is 2. The van der Waals surface area contributed by atoms with Gasteiger partial charge in [0.15, 0.2) is 6.10 Å². The second kappa shape index (κ2) is 10.1. The van der Waals surface area contributed by atoms with E-state index in [-0.39, 0.29) is 11.5 Å². The van der Waals surface area contributed by atoms with Crippen molar-refractivity contribution >= 4 is 23.3 Å². The van der Waals surface area contributed by atoms with Gasteiger partial charge >= 0.3 is 0 Å². The zero-order valence-corrected chi connectivity index (χ0v) is 17.3. The van der Waals surface area contributed by atoms with Crippen LogP contribution in [0, 0.1) is 11.6 Å². The van der Waals surface area contributed by atoms with Gasteiger partial charge in [-0.3, -0.25) is 14.4 Å². The van der Waals surface area contributed by atoms with Crippen LogP contribution in [-0.2, 0) is 14.4 Å². The van der Waals surface area contributed by atoms with Crippen molar-refractivity contribution in [2.75, 3.05) is 6.54 Å². The minimum atomic E-state index is -1.88. The second-order valence-electron chi connectivity index (χ2n) is 7.38. The van der Waals surface area contributed by atoms with Crippen molar-refractivity contribution in [3.05, 3.63) is 77.4 Å². The number of carbonyl (C=O) groups is 3. The molecule has 0 spiro atoms. The minimum Gasteiger partial charge on any atom is -0.378 e. The molecule has 7 nitrogen and oxygen atoms in total. The van der Waals surface area contributed by atoms with Crippen molar-refractivity contribution in [2.45, 2.75) is 31.5 Å². The molecule has 3 amide bonds. The van der Waals surface area contributed by atoms with Gasteiger partial charge in [0.2, 0.25) is 11.8 Å². The fourth-order valence-electron chi connectivity index (χ4n) is 3.35. The highest BCUT2D eigenvalue weighted by Gasteiger charge is 2.30. The number of hydrogen-bond donors (Lipinski definition) is 4. The van der Waals surface area contributed by atoms with Crippen molar-refractivity contribution in [3.63, 3.8) is 0 Å². The third-order valence-corrected chi connectivity index (χ3v) is 4.98. The molecule has 3 rings (SSSR count). The predicted octanol–water partition coefficient (Wildman–Crippen LogP) is 1.59. The molecule has 0 fully saturated rings. The number of halogens is 2. The van der Waals surface area contributed by atoms with Crippen LogP contribution in [0.15, 0.2) is 54.6 Å². The maximum atomic E-state index is 13.4. The third-order valence-electron chi connectivity index (χ3n) is 4.98. The van der Waals surface area contributed by atoms with E-state index >= 15 is 0 Å². The summed E-state index contributed by atoms with van der Waals surface area (Å²) in [7, 11) is 0. The second-order valence-corrected chi connectivity index (χ2v) is 7.38. The van der Waals surface area contributed by atoms with Crippen molar-refractivity contribution < 1.29 is 28.3 Å². The molecule has 1 aliphatic rings. The molecule has 2 aromatic carbocycles. The Hall–Kier alpha value is -3.59. The largest absolute Gasteiger partial charge is 0.378 e. The summed E-state index contributed by atoms with van der Waals surface area (Å²) in [5.41, 5.74) is 1.11. The monoisotopic (exact) mass is 443 g/mol. The van der Waals surface area contributed by atoms with Crippen LogP contribution in [0.4, 0.5) is 8.78 Å². The number of hydrogen-bond acceptors (Lipinski definition) is 4. The van der Waals surface area contributed by atoms with Gasteiger partial charge in [-0.25, -0.2) is 8.78 Å². The molecule has 32 heavy (non-hydrogen) atoms. The Morgan fingerprint density at radius 2 is 1.75 bits per heavy atom. The number of aliphatic hydroxyl groups is 1. The summed E-state index contributed by atoms with van der Waals surface area (Å²) in [6.45, 7) is 1.79. The lowest BCUT2D eigenvalue weighted by atomic mass is 9.97. The van der Waals surface area contributed by atoms with Gasteiger partial charge < -0.3 is 21.1 Å². The maximum absolute atomic E-state index is 13.4. The molecule has 3 atom stereocenters. The summed E-state index contributed by atoms with van der Waals surface area (Å²) >= 11 is 0. The zero-order valence-electron chi connectivity index (χ0n) is 17.3. The molecule has 9 heteroatoms. The first-order chi connectivity index (χ1) is 15.3. The van der Waals surface area contributed by atoms with E-state index in [4.69, 9.17) is 0 Å². The molecule has 0 aromatic heterocycles. The quantitative estimate of drug-likeness (QED) is 0.544. The van der Waals surface area contributed by atoms with Gasteiger partial charge in [0.25, 0.3) is 5.91 Å². The lowest BCUT2D eigenvalue weighted by Crippen LogP contribution is -2.53. The predicted molar refractivity (Wildman–Crippen MR) is 113 cm³/mol. The number of rotatable bonds is 6.